The number of aromatic nitrogens is 2. The van der Waals surface area contributed by atoms with E-state index in [0.29, 0.717) is 12.1 Å². The Kier molecular flexibility index (Phi) is 2.70. The molecule has 13 heavy (non-hydrogen) atoms. The predicted octanol–water partition coefficient (Wildman–Crippen LogP) is 1.72. The molecule has 0 bridgehead atoms. The van der Waals surface area contributed by atoms with Gasteiger partial charge in [-0.3, -0.25) is 4.68 Å². The van der Waals surface area contributed by atoms with Crippen LogP contribution in [0.25, 0.3) is 0 Å². The molecule has 0 spiro atoms. The first-order valence-electron chi connectivity index (χ1n) is 4.36. The summed E-state index contributed by atoms with van der Waals surface area (Å²) in [6.07, 6.45) is 1.42. The number of aryl methyl sites for hydroxylation is 1. The van der Waals surface area contributed by atoms with Crippen LogP contribution in [0.15, 0.2) is 6.20 Å². The first kappa shape index (κ1) is 9.77. The van der Waals surface area contributed by atoms with E-state index in [2.05, 4.69) is 5.10 Å². The molecule has 72 valence electrons. The van der Waals surface area contributed by atoms with E-state index in [1.165, 1.54) is 6.20 Å². The Morgan fingerprint density at radius 1 is 1.69 bits per heavy atom. The number of aromatic carboxylic acids is 1. The Morgan fingerprint density at radius 2 is 2.31 bits per heavy atom. The van der Waals surface area contributed by atoms with E-state index in [9.17, 15) is 4.79 Å². The monoisotopic (exact) mass is 182 g/mol. The van der Waals surface area contributed by atoms with Crippen molar-refractivity contribution in [1.82, 2.24) is 9.78 Å². The van der Waals surface area contributed by atoms with Gasteiger partial charge >= 0.3 is 5.97 Å². The topological polar surface area (TPSA) is 55.1 Å². The van der Waals surface area contributed by atoms with E-state index in [1.54, 1.807) is 4.68 Å². The second kappa shape index (κ2) is 3.60. The van der Waals surface area contributed by atoms with Gasteiger partial charge in [0, 0.05) is 6.54 Å². The molecule has 0 aliphatic rings. The highest BCUT2D eigenvalue weighted by Crippen LogP contribution is 2.19. The van der Waals surface area contributed by atoms with Gasteiger partial charge in [0.05, 0.1) is 11.9 Å². The summed E-state index contributed by atoms with van der Waals surface area (Å²) < 4.78 is 1.73. The SMILES string of the molecule is CCn1ncc(C(=O)O)c1C(C)C. The van der Waals surface area contributed by atoms with Gasteiger partial charge in [0.1, 0.15) is 5.56 Å². The van der Waals surface area contributed by atoms with Crippen LogP contribution in [0, 0.1) is 0 Å². The summed E-state index contributed by atoms with van der Waals surface area (Å²) in [7, 11) is 0. The largest absolute Gasteiger partial charge is 0.478 e. The van der Waals surface area contributed by atoms with E-state index in [0.717, 1.165) is 5.69 Å². The van der Waals surface area contributed by atoms with Crippen molar-refractivity contribution in [2.75, 3.05) is 0 Å². The molecule has 1 N–H and O–H groups in total. The maximum Gasteiger partial charge on any atom is 0.339 e. The Balaban J connectivity index is 3.22. The Morgan fingerprint density at radius 3 is 2.69 bits per heavy atom. The molecule has 0 fully saturated rings. The van der Waals surface area contributed by atoms with Crippen molar-refractivity contribution in [3.63, 3.8) is 0 Å². The first-order chi connectivity index (χ1) is 6.07. The minimum atomic E-state index is -0.900. The molecule has 0 saturated heterocycles. The third-order valence-corrected chi connectivity index (χ3v) is 1.96. The van der Waals surface area contributed by atoms with Gasteiger partial charge < -0.3 is 5.11 Å². The molecule has 4 heteroatoms. The second-order valence-electron chi connectivity index (χ2n) is 3.22. The molecule has 4 nitrogen and oxygen atoms in total. The van der Waals surface area contributed by atoms with Gasteiger partial charge in [0.15, 0.2) is 0 Å². The maximum absolute atomic E-state index is 10.8. The van der Waals surface area contributed by atoms with Crippen LogP contribution in [0.1, 0.15) is 42.7 Å². The number of carbonyl (C=O) groups is 1. The maximum atomic E-state index is 10.8. The summed E-state index contributed by atoms with van der Waals surface area (Å²) in [4.78, 5) is 10.8. The Bertz CT molecular complexity index is 315. The van der Waals surface area contributed by atoms with Crippen molar-refractivity contribution in [1.29, 1.82) is 0 Å². The highest BCUT2D eigenvalue weighted by Gasteiger charge is 2.17. The molecular weight excluding hydrogens is 168 g/mol. The van der Waals surface area contributed by atoms with Crippen LogP contribution in [0.2, 0.25) is 0 Å². The first-order valence-corrected chi connectivity index (χ1v) is 4.36. The van der Waals surface area contributed by atoms with Gasteiger partial charge in [-0.2, -0.15) is 5.10 Å². The summed E-state index contributed by atoms with van der Waals surface area (Å²) in [5.74, 6) is -0.711. The van der Waals surface area contributed by atoms with E-state index >= 15 is 0 Å². The lowest BCUT2D eigenvalue weighted by Crippen LogP contribution is -2.08. The number of hydrogen-bond acceptors (Lipinski definition) is 2. The summed E-state index contributed by atoms with van der Waals surface area (Å²) in [6.45, 7) is 6.59. The van der Waals surface area contributed by atoms with Crippen LogP contribution in [-0.4, -0.2) is 20.9 Å². The van der Waals surface area contributed by atoms with E-state index in [-0.39, 0.29) is 5.92 Å². The molecule has 0 aliphatic carbocycles. The zero-order chi connectivity index (χ0) is 10.0. The smallest absolute Gasteiger partial charge is 0.339 e. The molecule has 0 radical (unpaired) electrons. The number of carboxylic acids is 1. The molecule has 0 unspecified atom stereocenters. The van der Waals surface area contributed by atoms with E-state index in [1.807, 2.05) is 20.8 Å². The van der Waals surface area contributed by atoms with Gasteiger partial charge in [-0.05, 0) is 12.8 Å². The molecule has 1 aromatic heterocycles. The van der Waals surface area contributed by atoms with Gasteiger partial charge in [-0.25, -0.2) is 4.79 Å². The van der Waals surface area contributed by atoms with Crippen LogP contribution in [0.4, 0.5) is 0 Å². The molecule has 1 aromatic rings. The summed E-state index contributed by atoms with van der Waals surface area (Å²) >= 11 is 0. The number of hydrogen-bond donors (Lipinski definition) is 1. The Labute approximate surface area is 77.2 Å². The summed E-state index contributed by atoms with van der Waals surface area (Å²) in [5.41, 5.74) is 1.12. The number of rotatable bonds is 3. The Hall–Kier alpha value is -1.32. The molecule has 0 aliphatic heterocycles. The zero-order valence-electron chi connectivity index (χ0n) is 8.11. The normalized spacial score (nSPS) is 10.8. The fourth-order valence-corrected chi connectivity index (χ4v) is 1.42. The number of nitrogens with zero attached hydrogens (tertiary/aromatic N) is 2. The van der Waals surface area contributed by atoms with E-state index in [4.69, 9.17) is 5.11 Å². The fraction of sp³-hybridized carbons (Fsp3) is 0.556. The quantitative estimate of drug-likeness (QED) is 0.774. The zero-order valence-corrected chi connectivity index (χ0v) is 8.11. The average Bonchev–Trinajstić information content (AvgIpc) is 2.46. The third-order valence-electron chi connectivity index (χ3n) is 1.96. The van der Waals surface area contributed by atoms with Crippen molar-refractivity contribution >= 4 is 5.97 Å². The van der Waals surface area contributed by atoms with Crippen LogP contribution in [-0.2, 0) is 6.54 Å². The molecule has 0 aromatic carbocycles. The fourth-order valence-electron chi connectivity index (χ4n) is 1.42. The molecule has 0 amide bonds. The molecule has 1 heterocycles. The molecule has 0 saturated carbocycles. The van der Waals surface area contributed by atoms with Crippen molar-refractivity contribution < 1.29 is 9.90 Å². The molecule has 1 rings (SSSR count). The standard InChI is InChI=1S/C9H14N2O2/c1-4-11-8(6(2)3)7(5-10-11)9(12)13/h5-6H,4H2,1-3H3,(H,12,13). The summed E-state index contributed by atoms with van der Waals surface area (Å²) in [5, 5.41) is 12.9. The predicted molar refractivity (Wildman–Crippen MR) is 48.9 cm³/mol. The van der Waals surface area contributed by atoms with Crippen LogP contribution < -0.4 is 0 Å². The van der Waals surface area contributed by atoms with Gasteiger partial charge in [-0.1, -0.05) is 13.8 Å². The third kappa shape index (κ3) is 1.71. The lowest BCUT2D eigenvalue weighted by atomic mass is 10.1. The highest BCUT2D eigenvalue weighted by molar-refractivity contribution is 5.88. The van der Waals surface area contributed by atoms with E-state index < -0.39 is 5.97 Å². The van der Waals surface area contributed by atoms with Gasteiger partial charge in [0.25, 0.3) is 0 Å². The van der Waals surface area contributed by atoms with Crippen molar-refractivity contribution in [3.05, 3.63) is 17.5 Å². The lowest BCUT2D eigenvalue weighted by molar-refractivity contribution is 0.0695. The van der Waals surface area contributed by atoms with Crippen LogP contribution in [0.5, 0.6) is 0 Å². The summed E-state index contributed by atoms with van der Waals surface area (Å²) in [6, 6.07) is 0. The molecular formula is C9H14N2O2. The number of carboxylic acid groups (broad SMARTS) is 1. The average molecular weight is 182 g/mol. The van der Waals surface area contributed by atoms with Gasteiger partial charge in [-0.15, -0.1) is 0 Å². The minimum Gasteiger partial charge on any atom is -0.478 e. The van der Waals surface area contributed by atoms with Crippen molar-refractivity contribution in [2.24, 2.45) is 0 Å². The highest BCUT2D eigenvalue weighted by atomic mass is 16.4. The van der Waals surface area contributed by atoms with Crippen LogP contribution >= 0.6 is 0 Å². The van der Waals surface area contributed by atoms with Crippen LogP contribution in [0.3, 0.4) is 0 Å². The molecule has 0 atom stereocenters. The van der Waals surface area contributed by atoms with Crippen molar-refractivity contribution in [2.45, 2.75) is 33.2 Å². The lowest BCUT2D eigenvalue weighted by Gasteiger charge is -2.08. The minimum absolute atomic E-state index is 0.188. The van der Waals surface area contributed by atoms with Crippen molar-refractivity contribution in [3.8, 4) is 0 Å². The second-order valence-corrected chi connectivity index (χ2v) is 3.22. The van der Waals surface area contributed by atoms with Gasteiger partial charge in [0.2, 0.25) is 0 Å².